The van der Waals surface area contributed by atoms with Gasteiger partial charge in [0.05, 0.1) is 15.7 Å². The van der Waals surface area contributed by atoms with E-state index in [0.29, 0.717) is 18.0 Å². The number of alkyl halides is 2. The molecule has 1 aromatic heterocycles. The van der Waals surface area contributed by atoms with Gasteiger partial charge in [0.15, 0.2) is 5.75 Å². The second-order valence-corrected chi connectivity index (χ2v) is 5.12. The van der Waals surface area contributed by atoms with Crippen LogP contribution in [0.25, 0.3) is 0 Å². The third-order valence-corrected chi connectivity index (χ3v) is 3.42. The van der Waals surface area contributed by atoms with Crippen molar-refractivity contribution in [3.8, 4) is 5.75 Å². The van der Waals surface area contributed by atoms with Crippen molar-refractivity contribution in [3.05, 3.63) is 39.2 Å². The standard InChI is InChI=1S/C13H12Cl2F2N2O2/c1-6-9(7(2)21-19-6)5-18-8-3-10(14)12(11(15)4-8)20-13(16)17/h3-4,13,18H,5H2,1-2H3. The molecule has 1 N–H and O–H groups in total. The van der Waals surface area contributed by atoms with Crippen LogP contribution in [0.2, 0.25) is 10.0 Å². The second kappa shape index (κ2) is 6.49. The molecule has 4 nitrogen and oxygen atoms in total. The van der Waals surface area contributed by atoms with E-state index >= 15 is 0 Å². The minimum Gasteiger partial charge on any atom is -0.432 e. The molecule has 0 bridgehead atoms. The molecule has 0 radical (unpaired) electrons. The van der Waals surface area contributed by atoms with Gasteiger partial charge in [0.2, 0.25) is 0 Å². The molecule has 1 heterocycles. The highest BCUT2D eigenvalue weighted by atomic mass is 35.5. The topological polar surface area (TPSA) is 47.3 Å². The molecular weight excluding hydrogens is 325 g/mol. The molecule has 8 heteroatoms. The van der Waals surface area contributed by atoms with Crippen molar-refractivity contribution in [2.45, 2.75) is 27.0 Å². The Kier molecular flexibility index (Phi) is 4.90. The minimum absolute atomic E-state index is 0.00376. The van der Waals surface area contributed by atoms with Gasteiger partial charge in [0.1, 0.15) is 5.76 Å². The fourth-order valence-corrected chi connectivity index (χ4v) is 2.38. The van der Waals surface area contributed by atoms with Crippen molar-refractivity contribution < 1.29 is 18.0 Å². The first-order chi connectivity index (χ1) is 9.88. The average molecular weight is 337 g/mol. The molecule has 0 atom stereocenters. The van der Waals surface area contributed by atoms with Crippen LogP contribution in [0, 0.1) is 13.8 Å². The van der Waals surface area contributed by atoms with Crippen molar-refractivity contribution in [2.75, 3.05) is 5.32 Å². The normalized spacial score (nSPS) is 11.0. The molecule has 2 aromatic rings. The van der Waals surface area contributed by atoms with Crippen molar-refractivity contribution in [2.24, 2.45) is 0 Å². The third-order valence-electron chi connectivity index (χ3n) is 2.86. The summed E-state index contributed by atoms with van der Waals surface area (Å²) in [6, 6.07) is 2.92. The van der Waals surface area contributed by atoms with E-state index < -0.39 is 6.61 Å². The van der Waals surface area contributed by atoms with Crippen LogP contribution in [0.3, 0.4) is 0 Å². The number of benzene rings is 1. The Labute approximate surface area is 130 Å². The zero-order valence-corrected chi connectivity index (χ0v) is 12.7. The van der Waals surface area contributed by atoms with Crippen LogP contribution in [0.15, 0.2) is 16.7 Å². The van der Waals surface area contributed by atoms with Gasteiger partial charge in [-0.3, -0.25) is 0 Å². The Morgan fingerprint density at radius 3 is 2.38 bits per heavy atom. The second-order valence-electron chi connectivity index (χ2n) is 4.30. The van der Waals surface area contributed by atoms with Gasteiger partial charge in [0, 0.05) is 17.8 Å². The molecule has 0 aliphatic heterocycles. The van der Waals surface area contributed by atoms with Crippen LogP contribution in [-0.4, -0.2) is 11.8 Å². The highest BCUT2D eigenvalue weighted by molar-refractivity contribution is 6.37. The lowest BCUT2D eigenvalue weighted by Gasteiger charge is -2.12. The summed E-state index contributed by atoms with van der Waals surface area (Å²) in [5.74, 6) is 0.464. The minimum atomic E-state index is -2.99. The number of anilines is 1. The van der Waals surface area contributed by atoms with Crippen LogP contribution in [-0.2, 0) is 6.54 Å². The molecule has 0 unspecified atom stereocenters. The van der Waals surface area contributed by atoms with Crippen LogP contribution in [0.1, 0.15) is 17.0 Å². The summed E-state index contributed by atoms with van der Waals surface area (Å²) in [5.41, 5.74) is 2.26. The molecule has 114 valence electrons. The molecule has 0 aliphatic carbocycles. The third kappa shape index (κ3) is 3.77. The van der Waals surface area contributed by atoms with Gasteiger partial charge in [-0.25, -0.2) is 0 Å². The molecule has 1 aromatic carbocycles. The number of aryl methyl sites for hydroxylation is 2. The maximum absolute atomic E-state index is 12.2. The lowest BCUT2D eigenvalue weighted by molar-refractivity contribution is -0.0497. The molecule has 0 saturated carbocycles. The number of nitrogens with zero attached hydrogens (tertiary/aromatic N) is 1. The number of hydrogen-bond acceptors (Lipinski definition) is 4. The quantitative estimate of drug-likeness (QED) is 0.850. The summed E-state index contributed by atoms with van der Waals surface area (Å²) in [5, 5.41) is 6.93. The molecule has 0 aliphatic rings. The highest BCUT2D eigenvalue weighted by Gasteiger charge is 2.15. The molecule has 0 saturated heterocycles. The summed E-state index contributed by atoms with van der Waals surface area (Å²) in [7, 11) is 0. The van der Waals surface area contributed by atoms with Crippen LogP contribution >= 0.6 is 23.2 Å². The van der Waals surface area contributed by atoms with Crippen LogP contribution in [0.5, 0.6) is 5.75 Å². The highest BCUT2D eigenvalue weighted by Crippen LogP contribution is 2.37. The van der Waals surface area contributed by atoms with E-state index in [2.05, 4.69) is 15.2 Å². The summed E-state index contributed by atoms with van der Waals surface area (Å²) >= 11 is 11.8. The fraction of sp³-hybridized carbons (Fsp3) is 0.308. The monoisotopic (exact) mass is 336 g/mol. The first-order valence-corrected chi connectivity index (χ1v) is 6.73. The Balaban J connectivity index is 2.15. The number of halogens is 4. The molecule has 21 heavy (non-hydrogen) atoms. The Morgan fingerprint density at radius 1 is 1.29 bits per heavy atom. The number of ether oxygens (including phenoxy) is 1. The van der Waals surface area contributed by atoms with E-state index in [-0.39, 0.29) is 15.8 Å². The smallest absolute Gasteiger partial charge is 0.387 e. The molecule has 0 amide bonds. The van der Waals surface area contributed by atoms with Crippen molar-refractivity contribution in [3.63, 3.8) is 0 Å². The SMILES string of the molecule is Cc1noc(C)c1CNc1cc(Cl)c(OC(F)F)c(Cl)c1. The van der Waals surface area contributed by atoms with E-state index in [1.165, 1.54) is 12.1 Å². The molecular formula is C13H12Cl2F2N2O2. The van der Waals surface area contributed by atoms with E-state index in [1.54, 1.807) is 6.92 Å². The Hall–Kier alpha value is -1.53. The molecule has 0 spiro atoms. The zero-order valence-electron chi connectivity index (χ0n) is 11.2. The molecule has 2 rings (SSSR count). The predicted octanol–water partition coefficient (Wildman–Crippen LogP) is 4.81. The van der Waals surface area contributed by atoms with Gasteiger partial charge >= 0.3 is 6.61 Å². The summed E-state index contributed by atoms with van der Waals surface area (Å²) in [4.78, 5) is 0. The van der Waals surface area contributed by atoms with Gasteiger partial charge in [-0.1, -0.05) is 28.4 Å². The van der Waals surface area contributed by atoms with Crippen molar-refractivity contribution in [1.29, 1.82) is 0 Å². The van der Waals surface area contributed by atoms with E-state index in [0.717, 1.165) is 11.3 Å². The lowest BCUT2D eigenvalue weighted by Crippen LogP contribution is -2.05. The summed E-state index contributed by atoms with van der Waals surface area (Å²) < 4.78 is 33.8. The van der Waals surface area contributed by atoms with E-state index in [9.17, 15) is 8.78 Å². The summed E-state index contributed by atoms with van der Waals surface area (Å²) in [6.45, 7) is 1.09. The van der Waals surface area contributed by atoms with Gasteiger partial charge in [-0.05, 0) is 26.0 Å². The Bertz CT molecular complexity index is 605. The maximum Gasteiger partial charge on any atom is 0.387 e. The number of aromatic nitrogens is 1. The van der Waals surface area contributed by atoms with Crippen molar-refractivity contribution in [1.82, 2.24) is 5.16 Å². The van der Waals surface area contributed by atoms with Gasteiger partial charge in [-0.2, -0.15) is 8.78 Å². The van der Waals surface area contributed by atoms with Gasteiger partial charge < -0.3 is 14.6 Å². The number of rotatable bonds is 5. The number of hydrogen-bond donors (Lipinski definition) is 1. The Morgan fingerprint density at radius 2 is 1.90 bits per heavy atom. The van der Waals surface area contributed by atoms with E-state index in [4.69, 9.17) is 27.7 Å². The maximum atomic E-state index is 12.2. The summed E-state index contributed by atoms with van der Waals surface area (Å²) in [6.07, 6.45) is 0. The fourth-order valence-electron chi connectivity index (χ4n) is 1.81. The lowest BCUT2D eigenvalue weighted by atomic mass is 10.2. The van der Waals surface area contributed by atoms with Crippen LogP contribution in [0.4, 0.5) is 14.5 Å². The molecule has 0 fully saturated rings. The predicted molar refractivity (Wildman–Crippen MR) is 76.4 cm³/mol. The first-order valence-electron chi connectivity index (χ1n) is 5.98. The van der Waals surface area contributed by atoms with Crippen molar-refractivity contribution >= 4 is 28.9 Å². The van der Waals surface area contributed by atoms with Gasteiger partial charge in [-0.15, -0.1) is 0 Å². The largest absolute Gasteiger partial charge is 0.432 e. The average Bonchev–Trinajstić information content (AvgIpc) is 2.71. The van der Waals surface area contributed by atoms with Crippen LogP contribution < -0.4 is 10.1 Å². The van der Waals surface area contributed by atoms with E-state index in [1.807, 2.05) is 6.92 Å². The first kappa shape index (κ1) is 15.9. The number of nitrogens with one attached hydrogen (secondary N) is 1. The zero-order chi connectivity index (χ0) is 15.6. The van der Waals surface area contributed by atoms with Gasteiger partial charge in [0.25, 0.3) is 0 Å².